The maximum Gasteiger partial charge on any atom is 0.228 e. The lowest BCUT2D eigenvalue weighted by Gasteiger charge is -2.27. The van der Waals surface area contributed by atoms with Crippen LogP contribution in [0.5, 0.6) is 0 Å². The predicted molar refractivity (Wildman–Crippen MR) is 81.3 cm³/mol. The predicted octanol–water partition coefficient (Wildman–Crippen LogP) is 2.79. The molecule has 6 heteroatoms. The summed E-state index contributed by atoms with van der Waals surface area (Å²) in [6.45, 7) is 1.18. The molecule has 2 aliphatic heterocycles. The van der Waals surface area contributed by atoms with E-state index < -0.39 is 0 Å². The number of hydrogen-bond acceptors (Lipinski definition) is 2. The molecule has 0 saturated carbocycles. The Labute approximate surface area is 133 Å². The molecular formula is C15H16Cl2N2O2. The molecule has 2 heterocycles. The molecule has 0 radical (unpaired) electrons. The highest BCUT2D eigenvalue weighted by atomic mass is 35.5. The third-order valence-corrected chi connectivity index (χ3v) is 4.93. The molecule has 2 atom stereocenters. The monoisotopic (exact) mass is 326 g/mol. The Kier molecular flexibility index (Phi) is 4.09. The summed E-state index contributed by atoms with van der Waals surface area (Å²) in [4.78, 5) is 25.8. The number of hydrogen-bond donors (Lipinski definition) is 1. The van der Waals surface area contributed by atoms with Crippen LogP contribution in [-0.4, -0.2) is 29.8 Å². The first-order valence-electron chi connectivity index (χ1n) is 7.08. The van der Waals surface area contributed by atoms with Gasteiger partial charge < -0.3 is 10.2 Å². The summed E-state index contributed by atoms with van der Waals surface area (Å²) in [5.41, 5.74) is 1.01. The van der Waals surface area contributed by atoms with Crippen LogP contribution in [0.25, 0.3) is 0 Å². The second-order valence-electron chi connectivity index (χ2n) is 5.57. The van der Waals surface area contributed by atoms with Gasteiger partial charge in [0.15, 0.2) is 0 Å². The van der Waals surface area contributed by atoms with Gasteiger partial charge in [0.2, 0.25) is 11.8 Å². The average molecular weight is 327 g/mol. The van der Waals surface area contributed by atoms with E-state index in [1.54, 1.807) is 6.07 Å². The highest BCUT2D eigenvalue weighted by Gasteiger charge is 2.37. The Morgan fingerprint density at radius 2 is 2.10 bits per heavy atom. The third-order valence-electron chi connectivity index (χ3n) is 4.19. The average Bonchev–Trinajstić information content (AvgIpc) is 3.10. The van der Waals surface area contributed by atoms with Crippen molar-refractivity contribution in [3.05, 3.63) is 33.8 Å². The fourth-order valence-electron chi connectivity index (χ4n) is 3.11. The molecule has 1 N–H and O–H groups in total. The molecular weight excluding hydrogens is 311 g/mol. The molecule has 2 amide bonds. The van der Waals surface area contributed by atoms with E-state index in [2.05, 4.69) is 5.32 Å². The summed E-state index contributed by atoms with van der Waals surface area (Å²) < 4.78 is 0. The normalized spacial score (nSPS) is 25.2. The third kappa shape index (κ3) is 2.87. The molecule has 3 rings (SSSR count). The Balaban J connectivity index is 1.80. The first-order chi connectivity index (χ1) is 10.1. The smallest absolute Gasteiger partial charge is 0.228 e. The van der Waals surface area contributed by atoms with E-state index in [9.17, 15) is 9.59 Å². The molecule has 0 aliphatic carbocycles. The fraction of sp³-hybridized carbons (Fsp3) is 0.467. The number of halogens is 2. The molecule has 112 valence electrons. The molecule has 2 saturated heterocycles. The number of likely N-dealkylation sites (tertiary alicyclic amines) is 1. The van der Waals surface area contributed by atoms with Gasteiger partial charge >= 0.3 is 0 Å². The van der Waals surface area contributed by atoms with E-state index in [0.29, 0.717) is 23.0 Å². The maximum absolute atomic E-state index is 12.6. The summed E-state index contributed by atoms with van der Waals surface area (Å²) in [6, 6.07) is 5.55. The second kappa shape index (κ2) is 5.85. The Morgan fingerprint density at radius 1 is 1.29 bits per heavy atom. The minimum Gasteiger partial charge on any atom is -0.355 e. The second-order valence-corrected chi connectivity index (χ2v) is 6.38. The van der Waals surface area contributed by atoms with Gasteiger partial charge in [-0.3, -0.25) is 9.59 Å². The molecule has 0 bridgehead atoms. The lowest BCUT2D eigenvalue weighted by Crippen LogP contribution is -2.36. The Morgan fingerprint density at radius 3 is 2.76 bits per heavy atom. The van der Waals surface area contributed by atoms with Gasteiger partial charge in [0, 0.05) is 19.5 Å². The van der Waals surface area contributed by atoms with Crippen molar-refractivity contribution >= 4 is 35.0 Å². The van der Waals surface area contributed by atoms with Crippen molar-refractivity contribution < 1.29 is 9.59 Å². The summed E-state index contributed by atoms with van der Waals surface area (Å²) >= 11 is 12.0. The van der Waals surface area contributed by atoms with Crippen LogP contribution in [0, 0.1) is 5.92 Å². The van der Waals surface area contributed by atoms with E-state index in [1.807, 2.05) is 17.0 Å². The Hall–Kier alpha value is -1.26. The fourth-order valence-corrected chi connectivity index (χ4v) is 3.42. The van der Waals surface area contributed by atoms with Gasteiger partial charge in [0.25, 0.3) is 0 Å². The van der Waals surface area contributed by atoms with Crippen molar-refractivity contribution in [1.29, 1.82) is 0 Å². The van der Waals surface area contributed by atoms with E-state index in [-0.39, 0.29) is 23.8 Å². The van der Waals surface area contributed by atoms with Crippen molar-refractivity contribution in [3.63, 3.8) is 0 Å². The minimum atomic E-state index is -0.235. The van der Waals surface area contributed by atoms with Crippen molar-refractivity contribution in [3.8, 4) is 0 Å². The van der Waals surface area contributed by atoms with Crippen LogP contribution in [0.2, 0.25) is 10.0 Å². The quantitative estimate of drug-likeness (QED) is 0.908. The number of carbonyl (C=O) groups excluding carboxylic acids is 2. The van der Waals surface area contributed by atoms with Crippen LogP contribution in [-0.2, 0) is 9.59 Å². The van der Waals surface area contributed by atoms with Gasteiger partial charge in [0.05, 0.1) is 22.0 Å². The van der Waals surface area contributed by atoms with Crippen LogP contribution in [0.3, 0.4) is 0 Å². The van der Waals surface area contributed by atoms with Gasteiger partial charge in [-0.1, -0.05) is 29.3 Å². The molecule has 2 fully saturated rings. The topological polar surface area (TPSA) is 49.4 Å². The Bertz CT molecular complexity index is 591. The van der Waals surface area contributed by atoms with Crippen molar-refractivity contribution in [2.24, 2.45) is 5.92 Å². The lowest BCUT2D eigenvalue weighted by atomic mass is 10.0. The summed E-state index contributed by atoms with van der Waals surface area (Å²) in [5.74, 6) is -0.221. The van der Waals surface area contributed by atoms with Crippen LogP contribution in [0.4, 0.5) is 0 Å². The van der Waals surface area contributed by atoms with Crippen LogP contribution < -0.4 is 5.32 Å². The number of nitrogens with one attached hydrogen (secondary N) is 1. The van der Waals surface area contributed by atoms with Gasteiger partial charge in [-0.25, -0.2) is 0 Å². The highest BCUT2D eigenvalue weighted by Crippen LogP contribution is 2.36. The number of nitrogens with zero attached hydrogens (tertiary/aromatic N) is 1. The summed E-state index contributed by atoms with van der Waals surface area (Å²) in [7, 11) is 0. The van der Waals surface area contributed by atoms with Crippen molar-refractivity contribution in [2.45, 2.75) is 25.3 Å². The molecule has 2 aliphatic rings. The molecule has 21 heavy (non-hydrogen) atoms. The van der Waals surface area contributed by atoms with Crippen molar-refractivity contribution in [1.82, 2.24) is 10.2 Å². The first kappa shape index (κ1) is 14.7. The minimum absolute atomic E-state index is 0.0305. The molecule has 2 unspecified atom stereocenters. The van der Waals surface area contributed by atoms with Gasteiger partial charge in [-0.2, -0.15) is 0 Å². The maximum atomic E-state index is 12.6. The number of carbonyl (C=O) groups is 2. The van der Waals surface area contributed by atoms with E-state index in [0.717, 1.165) is 24.9 Å². The highest BCUT2D eigenvalue weighted by molar-refractivity contribution is 6.42. The molecule has 0 aromatic heterocycles. The summed E-state index contributed by atoms with van der Waals surface area (Å²) in [5, 5.41) is 3.74. The van der Waals surface area contributed by atoms with Crippen LogP contribution in [0.15, 0.2) is 18.2 Å². The number of benzene rings is 1. The largest absolute Gasteiger partial charge is 0.355 e. The molecule has 4 nitrogen and oxygen atoms in total. The van der Waals surface area contributed by atoms with Crippen molar-refractivity contribution in [2.75, 3.05) is 13.1 Å². The number of amides is 2. The van der Waals surface area contributed by atoms with Crippen LogP contribution >= 0.6 is 23.2 Å². The van der Waals surface area contributed by atoms with Gasteiger partial charge in [-0.05, 0) is 30.5 Å². The molecule has 1 aromatic rings. The molecule has 0 spiro atoms. The van der Waals surface area contributed by atoms with E-state index in [1.165, 1.54) is 0 Å². The van der Waals surface area contributed by atoms with Gasteiger partial charge in [-0.15, -0.1) is 0 Å². The zero-order chi connectivity index (χ0) is 15.0. The summed E-state index contributed by atoms with van der Waals surface area (Å²) in [6.07, 6.45) is 2.17. The SMILES string of the molecule is O=C1CC(C(=O)N2CCCC2c2ccc(Cl)c(Cl)c2)CN1. The number of rotatable bonds is 2. The zero-order valence-electron chi connectivity index (χ0n) is 11.4. The zero-order valence-corrected chi connectivity index (χ0v) is 13.0. The van der Waals surface area contributed by atoms with E-state index >= 15 is 0 Å². The van der Waals surface area contributed by atoms with Gasteiger partial charge in [0.1, 0.15) is 0 Å². The standard InChI is InChI=1S/C15H16Cl2N2O2/c16-11-4-3-9(6-12(11)17)13-2-1-5-19(13)15(21)10-7-14(20)18-8-10/h3-4,6,10,13H,1-2,5,7-8H2,(H,18,20). The van der Waals surface area contributed by atoms with E-state index in [4.69, 9.17) is 23.2 Å². The van der Waals surface area contributed by atoms with Crippen LogP contribution in [0.1, 0.15) is 30.9 Å². The first-order valence-corrected chi connectivity index (χ1v) is 7.84. The lowest BCUT2D eigenvalue weighted by molar-refractivity contribution is -0.136. The molecule has 1 aromatic carbocycles.